The Kier molecular flexibility index (Phi) is 4.89. The van der Waals surface area contributed by atoms with Gasteiger partial charge in [-0.1, -0.05) is 13.8 Å². The average molecular weight is 345 g/mol. The molecule has 0 fully saturated rings. The SMILES string of the molecule is CC(C)[C@@H](NC(=O)c1ccco1)C(=O)N1CCSc2ncccc21. The van der Waals surface area contributed by atoms with Crippen molar-refractivity contribution in [2.45, 2.75) is 24.9 Å². The molecule has 0 saturated carbocycles. The molecule has 2 amide bonds. The molecule has 0 aromatic carbocycles. The van der Waals surface area contributed by atoms with E-state index >= 15 is 0 Å². The molecule has 0 bridgehead atoms. The summed E-state index contributed by atoms with van der Waals surface area (Å²) in [7, 11) is 0. The zero-order chi connectivity index (χ0) is 17.1. The molecule has 24 heavy (non-hydrogen) atoms. The number of furan rings is 1. The van der Waals surface area contributed by atoms with Gasteiger partial charge in [-0.05, 0) is 30.2 Å². The number of carbonyl (C=O) groups excluding carboxylic acids is 2. The number of nitrogens with zero attached hydrogens (tertiary/aromatic N) is 2. The maximum absolute atomic E-state index is 13.1. The molecule has 1 aliphatic rings. The molecule has 126 valence electrons. The fourth-order valence-corrected chi connectivity index (χ4v) is 3.51. The van der Waals surface area contributed by atoms with E-state index in [1.54, 1.807) is 35.0 Å². The Hall–Kier alpha value is -2.28. The molecular formula is C17H19N3O3S. The molecule has 0 aliphatic carbocycles. The Balaban J connectivity index is 1.82. The first kappa shape index (κ1) is 16.6. The predicted molar refractivity (Wildman–Crippen MR) is 92.1 cm³/mol. The molecule has 2 aromatic rings. The second-order valence-electron chi connectivity index (χ2n) is 5.84. The molecule has 0 spiro atoms. The van der Waals surface area contributed by atoms with E-state index in [1.807, 2.05) is 26.0 Å². The highest BCUT2D eigenvalue weighted by Crippen LogP contribution is 2.33. The maximum Gasteiger partial charge on any atom is 0.287 e. The van der Waals surface area contributed by atoms with E-state index < -0.39 is 6.04 Å². The van der Waals surface area contributed by atoms with Gasteiger partial charge >= 0.3 is 0 Å². The summed E-state index contributed by atoms with van der Waals surface area (Å²) in [4.78, 5) is 31.4. The molecule has 1 atom stereocenters. The monoisotopic (exact) mass is 345 g/mol. The van der Waals surface area contributed by atoms with Crippen LogP contribution in [0.15, 0.2) is 46.2 Å². The largest absolute Gasteiger partial charge is 0.459 e. The van der Waals surface area contributed by atoms with Crippen molar-refractivity contribution < 1.29 is 14.0 Å². The Bertz CT molecular complexity index is 730. The minimum absolute atomic E-state index is 0.0499. The quantitative estimate of drug-likeness (QED) is 0.922. The van der Waals surface area contributed by atoms with Crippen molar-refractivity contribution in [1.29, 1.82) is 0 Å². The summed E-state index contributed by atoms with van der Waals surface area (Å²) in [6, 6.07) is 6.30. The standard InChI is InChI=1S/C17H19N3O3S/c1-11(2)14(19-15(21)13-6-4-9-23-13)17(22)20-8-10-24-16-12(20)5-3-7-18-16/h3-7,9,11,14H,8,10H2,1-2H3,(H,19,21)/t14-/m1/s1. The van der Waals surface area contributed by atoms with Crippen LogP contribution in [0.4, 0.5) is 5.69 Å². The van der Waals surface area contributed by atoms with Crippen LogP contribution in [0.2, 0.25) is 0 Å². The fourth-order valence-electron chi connectivity index (χ4n) is 2.58. The summed E-state index contributed by atoms with van der Waals surface area (Å²) in [6.07, 6.45) is 3.16. The summed E-state index contributed by atoms with van der Waals surface area (Å²) in [5.74, 6) is 0.423. The fraction of sp³-hybridized carbons (Fsp3) is 0.353. The number of nitrogens with one attached hydrogen (secondary N) is 1. The molecule has 2 aromatic heterocycles. The van der Waals surface area contributed by atoms with Crippen LogP contribution >= 0.6 is 11.8 Å². The topological polar surface area (TPSA) is 75.4 Å². The van der Waals surface area contributed by atoms with Crippen LogP contribution in [0.25, 0.3) is 0 Å². The lowest BCUT2D eigenvalue weighted by Gasteiger charge is -2.32. The number of carbonyl (C=O) groups is 2. The third-order valence-corrected chi connectivity index (χ3v) is 4.80. The zero-order valence-corrected chi connectivity index (χ0v) is 14.4. The molecule has 6 nitrogen and oxygen atoms in total. The van der Waals surface area contributed by atoms with E-state index in [2.05, 4.69) is 10.3 Å². The second-order valence-corrected chi connectivity index (χ2v) is 6.92. The van der Waals surface area contributed by atoms with E-state index in [4.69, 9.17) is 4.42 Å². The number of thioether (sulfide) groups is 1. The van der Waals surface area contributed by atoms with Crippen LogP contribution in [-0.4, -0.2) is 35.1 Å². The number of amides is 2. The van der Waals surface area contributed by atoms with Gasteiger partial charge in [0.05, 0.1) is 12.0 Å². The first-order valence-electron chi connectivity index (χ1n) is 7.81. The van der Waals surface area contributed by atoms with E-state index in [0.717, 1.165) is 16.5 Å². The molecule has 3 rings (SSSR count). The number of hydrogen-bond acceptors (Lipinski definition) is 5. The Labute approximate surface area is 144 Å². The first-order chi connectivity index (χ1) is 11.6. The number of hydrogen-bond donors (Lipinski definition) is 1. The molecule has 3 heterocycles. The molecule has 0 saturated heterocycles. The second kappa shape index (κ2) is 7.09. The van der Waals surface area contributed by atoms with Crippen LogP contribution < -0.4 is 10.2 Å². The van der Waals surface area contributed by atoms with Crippen molar-refractivity contribution in [3.63, 3.8) is 0 Å². The summed E-state index contributed by atoms with van der Waals surface area (Å²) in [5, 5.41) is 3.64. The smallest absolute Gasteiger partial charge is 0.287 e. The van der Waals surface area contributed by atoms with E-state index in [-0.39, 0.29) is 23.5 Å². The van der Waals surface area contributed by atoms with Gasteiger partial charge in [-0.2, -0.15) is 0 Å². The lowest BCUT2D eigenvalue weighted by molar-refractivity contribution is -0.121. The van der Waals surface area contributed by atoms with E-state index in [1.165, 1.54) is 6.26 Å². The van der Waals surface area contributed by atoms with Gasteiger partial charge in [0.15, 0.2) is 5.76 Å². The van der Waals surface area contributed by atoms with Gasteiger partial charge in [0, 0.05) is 18.5 Å². The van der Waals surface area contributed by atoms with Crippen molar-refractivity contribution in [1.82, 2.24) is 10.3 Å². The lowest BCUT2D eigenvalue weighted by Crippen LogP contribution is -2.52. The highest BCUT2D eigenvalue weighted by Gasteiger charge is 2.32. The Morgan fingerprint density at radius 3 is 2.88 bits per heavy atom. The van der Waals surface area contributed by atoms with Crippen molar-refractivity contribution in [3.8, 4) is 0 Å². The molecule has 1 N–H and O–H groups in total. The molecular weight excluding hydrogens is 326 g/mol. The van der Waals surface area contributed by atoms with Gasteiger partial charge in [-0.3, -0.25) is 9.59 Å². The van der Waals surface area contributed by atoms with E-state index in [9.17, 15) is 9.59 Å². The number of aromatic nitrogens is 1. The van der Waals surface area contributed by atoms with Gasteiger partial charge in [0.2, 0.25) is 5.91 Å². The van der Waals surface area contributed by atoms with Crippen molar-refractivity contribution in [2.75, 3.05) is 17.2 Å². The average Bonchev–Trinajstić information content (AvgIpc) is 3.13. The number of pyridine rings is 1. The van der Waals surface area contributed by atoms with Crippen LogP contribution in [0, 0.1) is 5.92 Å². The van der Waals surface area contributed by atoms with Crippen LogP contribution in [0.1, 0.15) is 24.4 Å². The molecule has 7 heteroatoms. The Morgan fingerprint density at radius 1 is 1.33 bits per heavy atom. The highest BCUT2D eigenvalue weighted by molar-refractivity contribution is 7.99. The third-order valence-electron chi connectivity index (χ3n) is 3.83. The minimum Gasteiger partial charge on any atom is -0.459 e. The summed E-state index contributed by atoms with van der Waals surface area (Å²) in [5.41, 5.74) is 0.802. The van der Waals surface area contributed by atoms with Gasteiger partial charge in [0.25, 0.3) is 5.91 Å². The Morgan fingerprint density at radius 2 is 2.17 bits per heavy atom. The van der Waals surface area contributed by atoms with Gasteiger partial charge in [-0.15, -0.1) is 11.8 Å². The van der Waals surface area contributed by atoms with Crippen LogP contribution in [-0.2, 0) is 4.79 Å². The summed E-state index contributed by atoms with van der Waals surface area (Å²) in [6.45, 7) is 4.42. The van der Waals surface area contributed by atoms with Gasteiger partial charge in [0.1, 0.15) is 11.1 Å². The number of rotatable bonds is 4. The van der Waals surface area contributed by atoms with Gasteiger partial charge in [-0.25, -0.2) is 4.98 Å². The van der Waals surface area contributed by atoms with Gasteiger partial charge < -0.3 is 14.6 Å². The normalized spacial score (nSPS) is 15.0. The first-order valence-corrected chi connectivity index (χ1v) is 8.80. The van der Waals surface area contributed by atoms with Crippen molar-refractivity contribution in [2.24, 2.45) is 5.92 Å². The minimum atomic E-state index is -0.626. The molecule has 1 aliphatic heterocycles. The van der Waals surface area contributed by atoms with Crippen LogP contribution in [0.5, 0.6) is 0 Å². The van der Waals surface area contributed by atoms with Crippen LogP contribution in [0.3, 0.4) is 0 Å². The van der Waals surface area contributed by atoms with Crippen molar-refractivity contribution in [3.05, 3.63) is 42.5 Å². The third kappa shape index (κ3) is 3.31. The lowest BCUT2D eigenvalue weighted by atomic mass is 10.0. The maximum atomic E-state index is 13.1. The molecule has 0 radical (unpaired) electrons. The summed E-state index contributed by atoms with van der Waals surface area (Å²) < 4.78 is 5.11. The highest BCUT2D eigenvalue weighted by atomic mass is 32.2. The van der Waals surface area contributed by atoms with Crippen molar-refractivity contribution >= 4 is 29.3 Å². The zero-order valence-electron chi connectivity index (χ0n) is 13.6. The molecule has 0 unspecified atom stereocenters. The van der Waals surface area contributed by atoms with E-state index in [0.29, 0.717) is 6.54 Å². The predicted octanol–water partition coefficient (Wildman–Crippen LogP) is 2.57. The number of anilines is 1. The summed E-state index contributed by atoms with van der Waals surface area (Å²) >= 11 is 1.63. The number of fused-ring (bicyclic) bond motifs is 1.